The SMILES string of the molecule is CCC(C)C(=O)NCCn1c(=O)n(CCC(=O)OCC(O)CO)c(=O)n(CCC(=O)OCC(O)CO)c1=O.CCC(C)c1ccc(Cn2c(=O)n(CCC(=O)OCCO)c(=O)n(CCC(=O)OCCO)c2=O)cc1. The lowest BCUT2D eigenvalue weighted by Gasteiger charge is -2.15. The Hall–Kier alpha value is -6.85. The van der Waals surface area contributed by atoms with E-state index in [1.807, 2.05) is 19.1 Å². The molecule has 414 valence electrons. The van der Waals surface area contributed by atoms with E-state index in [-0.39, 0.29) is 83.8 Å². The number of rotatable bonds is 31. The summed E-state index contributed by atoms with van der Waals surface area (Å²) in [7, 11) is 0. The van der Waals surface area contributed by atoms with Gasteiger partial charge in [-0.25, -0.2) is 56.2 Å². The van der Waals surface area contributed by atoms with Crippen molar-refractivity contribution in [1.29, 1.82) is 0 Å². The number of esters is 4. The van der Waals surface area contributed by atoms with Crippen LogP contribution in [0, 0.1) is 5.92 Å². The number of aliphatic hydroxyl groups excluding tert-OH is 6. The molecule has 74 heavy (non-hydrogen) atoms. The van der Waals surface area contributed by atoms with Gasteiger partial charge in [0.15, 0.2) is 0 Å². The average molecular weight is 1060 g/mol. The molecule has 0 saturated heterocycles. The molecule has 0 fully saturated rings. The minimum Gasteiger partial charge on any atom is -0.463 e. The Morgan fingerprint density at radius 1 is 0.514 bits per heavy atom. The van der Waals surface area contributed by atoms with Crippen LogP contribution in [0.1, 0.15) is 83.3 Å². The van der Waals surface area contributed by atoms with E-state index < -0.39 is 123 Å². The molecule has 4 unspecified atom stereocenters. The van der Waals surface area contributed by atoms with Gasteiger partial charge in [-0.05, 0) is 29.9 Å². The Kier molecular flexibility index (Phi) is 28.3. The maximum Gasteiger partial charge on any atom is 0.336 e. The molecule has 28 heteroatoms. The normalized spacial score (nSPS) is 12.6. The van der Waals surface area contributed by atoms with Crippen molar-refractivity contribution in [3.63, 3.8) is 0 Å². The first-order chi connectivity index (χ1) is 35.2. The highest BCUT2D eigenvalue weighted by molar-refractivity contribution is 5.78. The largest absolute Gasteiger partial charge is 0.463 e. The number of amides is 1. The molecular formula is C46H69N7O21. The molecular weight excluding hydrogens is 987 g/mol. The molecule has 4 atom stereocenters. The van der Waals surface area contributed by atoms with Crippen LogP contribution in [0.2, 0.25) is 0 Å². The van der Waals surface area contributed by atoms with Crippen molar-refractivity contribution in [2.24, 2.45) is 5.92 Å². The van der Waals surface area contributed by atoms with Crippen LogP contribution in [-0.2, 0) is 82.2 Å². The lowest BCUT2D eigenvalue weighted by atomic mass is 9.98. The van der Waals surface area contributed by atoms with Crippen LogP contribution in [0.25, 0.3) is 0 Å². The maximum atomic E-state index is 13.1. The average Bonchev–Trinajstić information content (AvgIpc) is 3.39. The summed E-state index contributed by atoms with van der Waals surface area (Å²) in [5, 5.41) is 56.2. The van der Waals surface area contributed by atoms with E-state index >= 15 is 0 Å². The van der Waals surface area contributed by atoms with E-state index in [1.54, 1.807) is 19.1 Å². The van der Waals surface area contributed by atoms with Gasteiger partial charge >= 0.3 is 58.0 Å². The number of ether oxygens (including phenoxy) is 4. The Morgan fingerprint density at radius 2 is 0.865 bits per heavy atom. The molecule has 3 rings (SSSR count). The number of carbonyl (C=O) groups excluding carboxylic acids is 5. The van der Waals surface area contributed by atoms with Gasteiger partial charge in [-0.1, -0.05) is 52.0 Å². The van der Waals surface area contributed by atoms with Crippen LogP contribution >= 0.6 is 0 Å². The predicted octanol–water partition coefficient (Wildman–Crippen LogP) is -4.51. The highest BCUT2D eigenvalue weighted by Gasteiger charge is 2.21. The van der Waals surface area contributed by atoms with Crippen molar-refractivity contribution in [2.45, 2.75) is 124 Å². The maximum absolute atomic E-state index is 13.1. The van der Waals surface area contributed by atoms with Crippen molar-refractivity contribution in [3.8, 4) is 0 Å². The van der Waals surface area contributed by atoms with Crippen molar-refractivity contribution in [3.05, 3.63) is 98.3 Å². The quantitative estimate of drug-likeness (QED) is 0.0236. The number of aliphatic hydroxyl groups is 6. The lowest BCUT2D eigenvalue weighted by molar-refractivity contribution is -0.148. The molecule has 1 aromatic carbocycles. The van der Waals surface area contributed by atoms with Crippen LogP contribution in [0.4, 0.5) is 0 Å². The molecule has 28 nitrogen and oxygen atoms in total. The zero-order valence-corrected chi connectivity index (χ0v) is 42.0. The van der Waals surface area contributed by atoms with Crippen molar-refractivity contribution in [1.82, 2.24) is 32.7 Å². The third-order valence-corrected chi connectivity index (χ3v) is 11.1. The summed E-state index contributed by atoms with van der Waals surface area (Å²) in [5.74, 6) is -3.49. The summed E-state index contributed by atoms with van der Waals surface area (Å²) in [5.41, 5.74) is -4.21. The van der Waals surface area contributed by atoms with Gasteiger partial charge in [0.1, 0.15) is 38.6 Å². The minimum absolute atomic E-state index is 0.112. The highest BCUT2D eigenvalue weighted by Crippen LogP contribution is 2.19. The molecule has 0 radical (unpaired) electrons. The van der Waals surface area contributed by atoms with E-state index in [4.69, 9.17) is 39.4 Å². The molecule has 0 bridgehead atoms. The Morgan fingerprint density at radius 3 is 1.20 bits per heavy atom. The molecule has 2 aromatic heterocycles. The molecule has 3 aromatic rings. The predicted molar refractivity (Wildman–Crippen MR) is 258 cm³/mol. The second-order valence-corrected chi connectivity index (χ2v) is 16.6. The number of nitrogens with one attached hydrogen (secondary N) is 1. The van der Waals surface area contributed by atoms with Gasteiger partial charge in [-0.3, -0.25) is 24.0 Å². The first-order valence-electron chi connectivity index (χ1n) is 23.9. The number of aromatic nitrogens is 6. The van der Waals surface area contributed by atoms with Crippen molar-refractivity contribution < 1.29 is 73.6 Å². The van der Waals surface area contributed by atoms with E-state index in [0.29, 0.717) is 31.6 Å². The molecule has 0 aliphatic carbocycles. The monoisotopic (exact) mass is 1060 g/mol. The van der Waals surface area contributed by atoms with Crippen LogP contribution in [-0.4, -0.2) is 159 Å². The summed E-state index contributed by atoms with van der Waals surface area (Å²) < 4.78 is 23.3. The molecule has 1 amide bonds. The minimum atomic E-state index is -1.30. The Bertz CT molecular complexity index is 2540. The summed E-state index contributed by atoms with van der Waals surface area (Å²) in [6.45, 7) is 1.95. The van der Waals surface area contributed by atoms with Gasteiger partial charge in [0.2, 0.25) is 5.91 Å². The van der Waals surface area contributed by atoms with E-state index in [2.05, 4.69) is 19.2 Å². The van der Waals surface area contributed by atoms with Crippen LogP contribution in [0.15, 0.2) is 53.0 Å². The van der Waals surface area contributed by atoms with Gasteiger partial charge in [0, 0.05) is 45.2 Å². The van der Waals surface area contributed by atoms with Crippen LogP contribution in [0.3, 0.4) is 0 Å². The van der Waals surface area contributed by atoms with Gasteiger partial charge in [0.05, 0.1) is 58.7 Å². The lowest BCUT2D eigenvalue weighted by Crippen LogP contribution is -2.55. The van der Waals surface area contributed by atoms with Crippen LogP contribution < -0.4 is 39.5 Å². The highest BCUT2D eigenvalue weighted by atomic mass is 16.6. The zero-order valence-electron chi connectivity index (χ0n) is 42.0. The zero-order chi connectivity index (χ0) is 55.5. The smallest absolute Gasteiger partial charge is 0.336 e. The number of carbonyl (C=O) groups is 5. The molecule has 0 aliphatic rings. The Labute approximate surface area is 422 Å². The Balaban J connectivity index is 0.000000507. The molecule has 0 saturated carbocycles. The fourth-order valence-corrected chi connectivity index (χ4v) is 6.38. The summed E-state index contributed by atoms with van der Waals surface area (Å²) in [4.78, 5) is 138. The first kappa shape index (κ1) is 63.3. The van der Waals surface area contributed by atoms with Gasteiger partial charge < -0.3 is 54.9 Å². The fourth-order valence-electron chi connectivity index (χ4n) is 6.38. The van der Waals surface area contributed by atoms with E-state index in [0.717, 1.165) is 25.7 Å². The summed E-state index contributed by atoms with van der Waals surface area (Å²) >= 11 is 0. The third kappa shape index (κ3) is 20.2. The molecule has 2 heterocycles. The molecule has 7 N–H and O–H groups in total. The molecule has 0 spiro atoms. The van der Waals surface area contributed by atoms with E-state index in [9.17, 15) is 63.0 Å². The number of hydrogen-bond acceptors (Lipinski definition) is 21. The summed E-state index contributed by atoms with van der Waals surface area (Å²) in [6.07, 6.45) is -2.73. The second-order valence-electron chi connectivity index (χ2n) is 16.6. The van der Waals surface area contributed by atoms with Gasteiger partial charge in [0.25, 0.3) is 0 Å². The van der Waals surface area contributed by atoms with Crippen LogP contribution in [0.5, 0.6) is 0 Å². The third-order valence-electron chi connectivity index (χ3n) is 11.1. The van der Waals surface area contributed by atoms with Gasteiger partial charge in [-0.15, -0.1) is 0 Å². The number of nitrogens with zero attached hydrogens (tertiary/aromatic N) is 6. The topological polar surface area (TPSA) is 388 Å². The molecule has 0 aliphatic heterocycles. The van der Waals surface area contributed by atoms with Gasteiger partial charge in [-0.2, -0.15) is 0 Å². The van der Waals surface area contributed by atoms with E-state index in [1.165, 1.54) is 0 Å². The standard InChI is InChI=1S/C24H33N3O9.C22H36N4O12/c1-3-17(2)19-6-4-18(5-7-19)16-27-23(33)25(10-8-20(30)35-14-12-28)22(32)26(24(27)34)11-9-21(31)36-15-13-29;1-3-14(2)19(33)23-6-9-26-21(35)24(7-4-17(31)37-12-15(29)10-27)20(34)25(22(26)36)8-5-18(32)38-13-16(30)11-28/h4-7,17,28-29H,3,8-16H2,1-2H3;14-16,27-30H,3-13H2,1-2H3,(H,23,33). The fraction of sp³-hybridized carbons (Fsp3) is 0.630. The second kappa shape index (κ2) is 33.1. The number of hydrogen-bond donors (Lipinski definition) is 7. The summed E-state index contributed by atoms with van der Waals surface area (Å²) in [6, 6.07) is 7.42. The number of benzene rings is 1. The van der Waals surface area contributed by atoms with Crippen molar-refractivity contribution in [2.75, 3.05) is 59.4 Å². The van der Waals surface area contributed by atoms with Crippen molar-refractivity contribution >= 4 is 29.8 Å². The first-order valence-corrected chi connectivity index (χ1v) is 23.9.